The van der Waals surface area contributed by atoms with Crippen molar-refractivity contribution >= 4 is 33.9 Å². The van der Waals surface area contributed by atoms with E-state index in [4.69, 9.17) is 17.0 Å². The molecule has 4 nitrogen and oxygen atoms in total. The van der Waals surface area contributed by atoms with Gasteiger partial charge in [-0.2, -0.15) is 0 Å². The van der Waals surface area contributed by atoms with Crippen LogP contribution in [0.4, 0.5) is 5.69 Å². The van der Waals surface area contributed by atoms with Gasteiger partial charge >= 0.3 is 0 Å². The monoisotopic (exact) mass is 376 g/mol. The van der Waals surface area contributed by atoms with E-state index in [2.05, 4.69) is 17.2 Å². The highest BCUT2D eigenvalue weighted by atomic mass is 32.2. The molecule has 0 saturated heterocycles. The van der Waals surface area contributed by atoms with Crippen molar-refractivity contribution in [2.45, 2.75) is 44.1 Å². The number of hydrogen-bond donors (Lipinski definition) is 1. The Balaban J connectivity index is 1.77. The van der Waals surface area contributed by atoms with Gasteiger partial charge in [0.05, 0.1) is 10.8 Å². The van der Waals surface area contributed by atoms with Gasteiger partial charge in [0.25, 0.3) is 5.17 Å². The van der Waals surface area contributed by atoms with Crippen molar-refractivity contribution in [1.82, 2.24) is 4.98 Å². The van der Waals surface area contributed by atoms with Crippen LogP contribution in [0.2, 0.25) is 0 Å². The van der Waals surface area contributed by atoms with Crippen LogP contribution >= 0.6 is 12.2 Å². The lowest BCUT2D eigenvalue weighted by atomic mass is 10.2. The van der Waals surface area contributed by atoms with Gasteiger partial charge in [0.1, 0.15) is 6.61 Å². The zero-order chi connectivity index (χ0) is 17.9. The number of pyridine rings is 1. The lowest BCUT2D eigenvalue weighted by Crippen LogP contribution is -2.13. The molecule has 0 bridgehead atoms. The number of nitrogens with one attached hydrogen (secondary N) is 1. The fourth-order valence-corrected chi connectivity index (χ4v) is 3.57. The van der Waals surface area contributed by atoms with Gasteiger partial charge in [0, 0.05) is 34.3 Å². The highest BCUT2D eigenvalue weighted by Crippen LogP contribution is 2.15. The third-order valence-corrected chi connectivity index (χ3v) is 5.32. The maximum atomic E-state index is 12.2. The first kappa shape index (κ1) is 19.5. The highest BCUT2D eigenvalue weighted by Gasteiger charge is 2.05. The Bertz CT molecular complexity index is 676. The van der Waals surface area contributed by atoms with Crippen molar-refractivity contribution < 1.29 is 8.95 Å². The summed E-state index contributed by atoms with van der Waals surface area (Å²) in [6, 6.07) is 11.3. The summed E-state index contributed by atoms with van der Waals surface area (Å²) in [6.07, 6.45) is 8.01. The molecule has 0 radical (unpaired) electrons. The predicted molar refractivity (Wildman–Crippen MR) is 107 cm³/mol. The molecule has 0 aliphatic heterocycles. The van der Waals surface area contributed by atoms with E-state index in [1.54, 1.807) is 12.4 Å². The third-order valence-electron chi connectivity index (χ3n) is 3.64. The number of ether oxygens (including phenoxy) is 1. The first-order valence-corrected chi connectivity index (χ1v) is 10.2. The predicted octanol–water partition coefficient (Wildman–Crippen LogP) is 4.68. The molecule has 6 heteroatoms. The molecule has 2 aromatic rings. The molecule has 2 rings (SSSR count). The van der Waals surface area contributed by atoms with Gasteiger partial charge in [-0.1, -0.05) is 32.3 Å². The van der Waals surface area contributed by atoms with Crippen LogP contribution in [-0.4, -0.2) is 20.1 Å². The normalized spacial score (nSPS) is 11.7. The molecule has 0 saturated carbocycles. The number of hydrogen-bond acceptors (Lipinski definition) is 4. The minimum absolute atomic E-state index is 0.303. The van der Waals surface area contributed by atoms with Gasteiger partial charge < -0.3 is 10.1 Å². The zero-order valence-electron chi connectivity index (χ0n) is 14.4. The number of benzene rings is 1. The summed E-state index contributed by atoms with van der Waals surface area (Å²) >= 11 is 5.19. The Morgan fingerprint density at radius 3 is 2.68 bits per heavy atom. The van der Waals surface area contributed by atoms with E-state index in [-0.39, 0.29) is 0 Å². The van der Waals surface area contributed by atoms with Gasteiger partial charge in [-0.05, 0) is 49.0 Å². The largest absolute Gasteiger partial charge is 0.466 e. The molecule has 0 aliphatic carbocycles. The Hall–Kier alpha value is -1.79. The molecule has 0 aliphatic rings. The number of anilines is 1. The maximum absolute atomic E-state index is 12.2. The lowest BCUT2D eigenvalue weighted by molar-refractivity contribution is 0.299. The summed E-state index contributed by atoms with van der Waals surface area (Å²) in [6.45, 7) is 2.55. The van der Waals surface area contributed by atoms with Crippen LogP contribution in [0.3, 0.4) is 0 Å². The smallest absolute Gasteiger partial charge is 0.261 e. The molecule has 1 atom stereocenters. The van der Waals surface area contributed by atoms with Gasteiger partial charge in [-0.3, -0.25) is 9.19 Å². The van der Waals surface area contributed by atoms with Crippen molar-refractivity contribution in [3.8, 4) is 0 Å². The molecule has 1 unspecified atom stereocenters. The van der Waals surface area contributed by atoms with Crippen molar-refractivity contribution in [1.29, 1.82) is 0 Å². The summed E-state index contributed by atoms with van der Waals surface area (Å²) in [5, 5.41) is 3.33. The molecule has 1 aromatic carbocycles. The minimum Gasteiger partial charge on any atom is -0.466 e. The SMILES string of the molecule is CCCCCCS(=O)c1ccc(NC(=S)OCc2cccnc2)cc1. The molecule has 25 heavy (non-hydrogen) atoms. The minimum atomic E-state index is -0.935. The summed E-state index contributed by atoms with van der Waals surface area (Å²) in [4.78, 5) is 4.88. The van der Waals surface area contributed by atoms with Crippen LogP contribution < -0.4 is 5.32 Å². The molecule has 134 valence electrons. The van der Waals surface area contributed by atoms with Crippen molar-refractivity contribution in [2.75, 3.05) is 11.1 Å². The van der Waals surface area contributed by atoms with E-state index in [0.717, 1.165) is 34.7 Å². The molecule has 1 N–H and O–H groups in total. The second-order valence-corrected chi connectivity index (χ2v) is 7.64. The number of aromatic nitrogens is 1. The summed E-state index contributed by atoms with van der Waals surface area (Å²) in [7, 11) is -0.935. The average molecular weight is 377 g/mol. The Morgan fingerprint density at radius 1 is 1.20 bits per heavy atom. The van der Waals surface area contributed by atoms with Crippen molar-refractivity contribution in [2.24, 2.45) is 0 Å². The standard InChI is InChI=1S/C19H24N2O2S2/c1-2-3-4-5-13-25(22)18-10-8-17(9-11-18)21-19(24)23-15-16-7-6-12-20-14-16/h6-12,14H,2-5,13,15H2,1H3,(H,21,24). The number of rotatable bonds is 9. The molecule has 1 heterocycles. The fourth-order valence-electron chi connectivity index (χ4n) is 2.25. The number of unbranched alkanes of at least 4 members (excludes halogenated alkanes) is 3. The van der Waals surface area contributed by atoms with Crippen LogP contribution in [0.1, 0.15) is 38.2 Å². The molecule has 1 aromatic heterocycles. The van der Waals surface area contributed by atoms with E-state index >= 15 is 0 Å². The molecule has 0 fully saturated rings. The summed E-state index contributed by atoms with van der Waals surface area (Å²) < 4.78 is 17.7. The number of nitrogens with zero attached hydrogens (tertiary/aromatic N) is 1. The van der Waals surface area contributed by atoms with E-state index in [1.807, 2.05) is 36.4 Å². The van der Waals surface area contributed by atoms with Crippen LogP contribution in [0.15, 0.2) is 53.7 Å². The van der Waals surface area contributed by atoms with Crippen LogP contribution in [0, 0.1) is 0 Å². The summed E-state index contributed by atoms with van der Waals surface area (Å²) in [5.41, 5.74) is 1.78. The fraction of sp³-hybridized carbons (Fsp3) is 0.368. The van der Waals surface area contributed by atoms with Gasteiger partial charge in [0.15, 0.2) is 0 Å². The molecule has 0 spiro atoms. The van der Waals surface area contributed by atoms with Crippen molar-refractivity contribution in [3.05, 3.63) is 54.4 Å². The highest BCUT2D eigenvalue weighted by molar-refractivity contribution is 7.85. The Kier molecular flexibility index (Phi) is 8.55. The zero-order valence-corrected chi connectivity index (χ0v) is 16.1. The van der Waals surface area contributed by atoms with Gasteiger partial charge in [0.2, 0.25) is 0 Å². The third kappa shape index (κ3) is 7.32. The van der Waals surface area contributed by atoms with Gasteiger partial charge in [-0.25, -0.2) is 0 Å². The quantitative estimate of drug-likeness (QED) is 0.508. The second kappa shape index (κ2) is 10.9. The number of thiocarbonyl (C=S) groups is 1. The van der Waals surface area contributed by atoms with Crippen LogP contribution in [0.5, 0.6) is 0 Å². The van der Waals surface area contributed by atoms with Crippen LogP contribution in [0.25, 0.3) is 0 Å². The first-order valence-electron chi connectivity index (χ1n) is 8.50. The summed E-state index contributed by atoms with van der Waals surface area (Å²) in [5.74, 6) is 0.722. The topological polar surface area (TPSA) is 51.2 Å². The Labute approximate surface area is 157 Å². The van der Waals surface area contributed by atoms with E-state index in [9.17, 15) is 4.21 Å². The maximum Gasteiger partial charge on any atom is 0.261 e. The van der Waals surface area contributed by atoms with Crippen LogP contribution in [-0.2, 0) is 22.1 Å². The van der Waals surface area contributed by atoms with Gasteiger partial charge in [-0.15, -0.1) is 0 Å². The van der Waals surface area contributed by atoms with E-state index in [0.29, 0.717) is 11.8 Å². The van der Waals surface area contributed by atoms with E-state index < -0.39 is 10.8 Å². The lowest BCUT2D eigenvalue weighted by Gasteiger charge is -2.10. The average Bonchev–Trinajstić information content (AvgIpc) is 2.65. The molecular weight excluding hydrogens is 352 g/mol. The first-order chi connectivity index (χ1) is 12.2. The van der Waals surface area contributed by atoms with Crippen molar-refractivity contribution in [3.63, 3.8) is 0 Å². The van der Waals surface area contributed by atoms with E-state index in [1.165, 1.54) is 12.8 Å². The Morgan fingerprint density at radius 2 is 2.00 bits per heavy atom. The second-order valence-electron chi connectivity index (χ2n) is 5.70. The molecular formula is C19H24N2O2S2. The molecule has 0 amide bonds.